The van der Waals surface area contributed by atoms with Gasteiger partial charge in [0.2, 0.25) is 5.91 Å². The molecule has 0 radical (unpaired) electrons. The zero-order valence-corrected chi connectivity index (χ0v) is 13.2. The van der Waals surface area contributed by atoms with Crippen LogP contribution in [0.2, 0.25) is 0 Å². The number of carbonyl (C=O) groups excluding carboxylic acids is 1. The summed E-state index contributed by atoms with van der Waals surface area (Å²) in [5.74, 6) is 0.0980. The number of thiophene rings is 1. The molecule has 19 heavy (non-hydrogen) atoms. The van der Waals surface area contributed by atoms with E-state index in [1.165, 1.54) is 11.1 Å². The quantitative estimate of drug-likeness (QED) is 0.875. The van der Waals surface area contributed by atoms with Gasteiger partial charge in [0.1, 0.15) is 0 Å². The Labute approximate surface area is 126 Å². The van der Waals surface area contributed by atoms with Crippen LogP contribution in [0.3, 0.4) is 0 Å². The first-order valence-corrected chi connectivity index (χ1v) is 7.86. The molecule has 2 aromatic rings. The van der Waals surface area contributed by atoms with Gasteiger partial charge >= 0.3 is 0 Å². The van der Waals surface area contributed by atoms with E-state index in [9.17, 15) is 4.79 Å². The Morgan fingerprint density at radius 1 is 1.26 bits per heavy atom. The molecule has 0 atom stereocenters. The molecule has 0 unspecified atom stereocenters. The summed E-state index contributed by atoms with van der Waals surface area (Å²) in [5, 5.41) is 4.96. The predicted octanol–water partition coefficient (Wildman–Crippen LogP) is 4.07. The van der Waals surface area contributed by atoms with E-state index in [0.29, 0.717) is 13.0 Å². The Morgan fingerprint density at radius 3 is 2.63 bits per heavy atom. The minimum atomic E-state index is 0.0980. The van der Waals surface area contributed by atoms with Crippen LogP contribution in [0.5, 0.6) is 0 Å². The van der Waals surface area contributed by atoms with E-state index in [2.05, 4.69) is 52.4 Å². The molecule has 0 aliphatic heterocycles. The highest BCUT2D eigenvalue weighted by Crippen LogP contribution is 2.22. The van der Waals surface area contributed by atoms with Crippen LogP contribution < -0.4 is 5.32 Å². The molecule has 100 valence electrons. The number of rotatable bonds is 5. The van der Waals surface area contributed by atoms with E-state index in [4.69, 9.17) is 0 Å². The molecule has 0 aliphatic rings. The molecule has 1 aromatic carbocycles. The Bertz CT molecular complexity index is 548. The van der Waals surface area contributed by atoms with Crippen molar-refractivity contribution in [2.45, 2.75) is 26.3 Å². The average molecular weight is 338 g/mol. The molecule has 0 fully saturated rings. The van der Waals surface area contributed by atoms with Gasteiger partial charge in [0.15, 0.2) is 0 Å². The SMILES string of the molecule is Cc1ccc(CCC(=O)NCc2sccc2Br)cc1. The Balaban J connectivity index is 1.76. The average Bonchev–Trinajstić information content (AvgIpc) is 2.81. The predicted molar refractivity (Wildman–Crippen MR) is 83.4 cm³/mol. The van der Waals surface area contributed by atoms with Crippen LogP contribution in [0.4, 0.5) is 0 Å². The van der Waals surface area contributed by atoms with Crippen molar-refractivity contribution in [3.05, 3.63) is 56.2 Å². The maximum atomic E-state index is 11.8. The molecule has 1 aromatic heterocycles. The van der Waals surface area contributed by atoms with Gasteiger partial charge < -0.3 is 5.32 Å². The summed E-state index contributed by atoms with van der Waals surface area (Å²) in [7, 11) is 0. The van der Waals surface area contributed by atoms with Crippen molar-refractivity contribution in [1.29, 1.82) is 0 Å². The molecular formula is C15H16BrNOS. The van der Waals surface area contributed by atoms with Crippen molar-refractivity contribution < 1.29 is 4.79 Å². The van der Waals surface area contributed by atoms with Crippen LogP contribution in [-0.4, -0.2) is 5.91 Å². The number of hydrogen-bond donors (Lipinski definition) is 1. The summed E-state index contributed by atoms with van der Waals surface area (Å²) in [6, 6.07) is 10.3. The lowest BCUT2D eigenvalue weighted by Gasteiger charge is -2.05. The van der Waals surface area contributed by atoms with Crippen LogP contribution >= 0.6 is 27.3 Å². The lowest BCUT2D eigenvalue weighted by Crippen LogP contribution is -2.22. The van der Waals surface area contributed by atoms with Crippen LogP contribution in [0.1, 0.15) is 22.4 Å². The number of halogens is 1. The van der Waals surface area contributed by atoms with Gasteiger partial charge in [-0.05, 0) is 46.3 Å². The lowest BCUT2D eigenvalue weighted by molar-refractivity contribution is -0.121. The van der Waals surface area contributed by atoms with Gasteiger partial charge in [-0.2, -0.15) is 0 Å². The first-order valence-electron chi connectivity index (χ1n) is 6.19. The van der Waals surface area contributed by atoms with Crippen molar-refractivity contribution >= 4 is 33.2 Å². The second kappa shape index (κ2) is 6.87. The Hall–Kier alpha value is -1.13. The third kappa shape index (κ3) is 4.48. The highest BCUT2D eigenvalue weighted by molar-refractivity contribution is 9.10. The van der Waals surface area contributed by atoms with E-state index < -0.39 is 0 Å². The van der Waals surface area contributed by atoms with Gasteiger partial charge in [-0.25, -0.2) is 0 Å². The second-order valence-corrected chi connectivity index (χ2v) is 6.31. The summed E-state index contributed by atoms with van der Waals surface area (Å²) in [6.07, 6.45) is 1.32. The Kier molecular flexibility index (Phi) is 5.16. The summed E-state index contributed by atoms with van der Waals surface area (Å²) in [6.45, 7) is 2.67. The topological polar surface area (TPSA) is 29.1 Å². The maximum Gasteiger partial charge on any atom is 0.220 e. The fraction of sp³-hybridized carbons (Fsp3) is 0.267. The second-order valence-electron chi connectivity index (χ2n) is 4.45. The first-order chi connectivity index (χ1) is 9.15. The summed E-state index contributed by atoms with van der Waals surface area (Å²) < 4.78 is 1.07. The third-order valence-electron chi connectivity index (χ3n) is 2.90. The zero-order valence-electron chi connectivity index (χ0n) is 10.8. The van der Waals surface area contributed by atoms with Gasteiger partial charge in [-0.3, -0.25) is 4.79 Å². The number of carbonyl (C=O) groups is 1. The van der Waals surface area contributed by atoms with Crippen LogP contribution in [0.15, 0.2) is 40.2 Å². The minimum Gasteiger partial charge on any atom is -0.351 e. The van der Waals surface area contributed by atoms with Crippen molar-refractivity contribution in [3.63, 3.8) is 0 Å². The first kappa shape index (κ1) is 14.3. The van der Waals surface area contributed by atoms with E-state index in [1.807, 2.05) is 11.4 Å². The molecule has 2 rings (SSSR count). The molecule has 1 heterocycles. The summed E-state index contributed by atoms with van der Waals surface area (Å²) >= 11 is 5.10. The van der Waals surface area contributed by atoms with Crippen LogP contribution in [0.25, 0.3) is 0 Å². The number of nitrogens with one attached hydrogen (secondary N) is 1. The maximum absolute atomic E-state index is 11.8. The van der Waals surface area contributed by atoms with Crippen molar-refractivity contribution in [2.75, 3.05) is 0 Å². The van der Waals surface area contributed by atoms with Gasteiger partial charge in [0, 0.05) is 15.8 Å². The standard InChI is InChI=1S/C15H16BrNOS/c1-11-2-4-12(5-3-11)6-7-15(18)17-10-14-13(16)8-9-19-14/h2-5,8-9H,6-7,10H2,1H3,(H,17,18). The highest BCUT2D eigenvalue weighted by atomic mass is 79.9. The fourth-order valence-corrected chi connectivity index (χ4v) is 3.16. The molecule has 4 heteroatoms. The molecular weight excluding hydrogens is 322 g/mol. The van der Waals surface area contributed by atoms with E-state index in [-0.39, 0.29) is 5.91 Å². The smallest absolute Gasteiger partial charge is 0.220 e. The highest BCUT2D eigenvalue weighted by Gasteiger charge is 2.05. The van der Waals surface area contributed by atoms with Crippen molar-refractivity contribution in [1.82, 2.24) is 5.32 Å². The van der Waals surface area contributed by atoms with E-state index in [0.717, 1.165) is 15.8 Å². The normalized spacial score (nSPS) is 10.4. The van der Waals surface area contributed by atoms with Crippen molar-refractivity contribution in [2.24, 2.45) is 0 Å². The summed E-state index contributed by atoms with van der Waals surface area (Å²) in [5.41, 5.74) is 2.45. The van der Waals surface area contributed by atoms with Gasteiger partial charge in [0.25, 0.3) is 0 Å². The van der Waals surface area contributed by atoms with E-state index >= 15 is 0 Å². The fourth-order valence-electron chi connectivity index (χ4n) is 1.73. The molecule has 1 N–H and O–H groups in total. The minimum absolute atomic E-state index is 0.0980. The lowest BCUT2D eigenvalue weighted by atomic mass is 10.1. The van der Waals surface area contributed by atoms with Gasteiger partial charge in [-0.15, -0.1) is 11.3 Å². The summed E-state index contributed by atoms with van der Waals surface area (Å²) in [4.78, 5) is 12.9. The van der Waals surface area contributed by atoms with Crippen molar-refractivity contribution in [3.8, 4) is 0 Å². The largest absolute Gasteiger partial charge is 0.351 e. The number of benzene rings is 1. The molecule has 0 spiro atoms. The molecule has 0 aliphatic carbocycles. The molecule has 0 bridgehead atoms. The molecule has 0 saturated carbocycles. The molecule has 2 nitrogen and oxygen atoms in total. The molecule has 1 amide bonds. The Morgan fingerprint density at radius 2 is 2.00 bits per heavy atom. The number of amides is 1. The number of aryl methyl sites for hydroxylation is 2. The van der Waals surface area contributed by atoms with E-state index in [1.54, 1.807) is 11.3 Å². The number of hydrogen-bond acceptors (Lipinski definition) is 2. The molecule has 0 saturated heterocycles. The third-order valence-corrected chi connectivity index (χ3v) is 4.82. The van der Waals surface area contributed by atoms with Gasteiger partial charge in [0.05, 0.1) is 6.54 Å². The van der Waals surface area contributed by atoms with Crippen LogP contribution in [0, 0.1) is 6.92 Å². The van der Waals surface area contributed by atoms with Crippen LogP contribution in [-0.2, 0) is 17.8 Å². The zero-order chi connectivity index (χ0) is 13.7. The van der Waals surface area contributed by atoms with Gasteiger partial charge in [-0.1, -0.05) is 29.8 Å². The monoisotopic (exact) mass is 337 g/mol.